The average Bonchev–Trinajstić information content (AvgIpc) is 3.93. The van der Waals surface area contributed by atoms with E-state index in [1.54, 1.807) is 0 Å². The average molecular weight is 888 g/mol. The van der Waals surface area contributed by atoms with E-state index in [9.17, 15) is 0 Å². The maximum Gasteiger partial charge on any atom is 0.164 e. The highest BCUT2D eigenvalue weighted by molar-refractivity contribution is 6.18. The molecule has 7 nitrogen and oxygen atoms in total. The molecule has 0 bridgehead atoms. The molecule has 0 saturated heterocycles. The number of aromatic nitrogens is 5. The lowest BCUT2D eigenvalue weighted by Crippen LogP contribution is -2.11. The van der Waals surface area contributed by atoms with Crippen molar-refractivity contribution in [1.82, 2.24) is 24.1 Å². The quantitative estimate of drug-likeness (QED) is 0.113. The van der Waals surface area contributed by atoms with Gasteiger partial charge in [0.25, 0.3) is 0 Å². The maximum atomic E-state index is 5.34. The fraction of sp³-hybridized carbons (Fsp3) is 0.0484. The summed E-state index contributed by atoms with van der Waals surface area (Å²) in [5.41, 5.74) is 13.0. The van der Waals surface area contributed by atoms with Crippen LogP contribution in [0.25, 0.3) is 94.5 Å². The fourth-order valence-corrected chi connectivity index (χ4v) is 9.60. The Morgan fingerprint density at radius 2 is 0.986 bits per heavy atom. The minimum absolute atomic E-state index is 0.574. The fourth-order valence-electron chi connectivity index (χ4n) is 9.60. The van der Waals surface area contributed by atoms with E-state index in [0.29, 0.717) is 29.0 Å². The van der Waals surface area contributed by atoms with E-state index >= 15 is 0 Å². The summed E-state index contributed by atoms with van der Waals surface area (Å²) in [6, 6.07) is 69.7. The van der Waals surface area contributed by atoms with Crippen molar-refractivity contribution < 1.29 is 0 Å². The van der Waals surface area contributed by atoms with Crippen LogP contribution in [0.3, 0.4) is 0 Å². The van der Waals surface area contributed by atoms with Crippen LogP contribution in [-0.2, 0) is 0 Å². The zero-order valence-electron chi connectivity index (χ0n) is 38.0. The standard InChI is InChI=1S/C62H45N7/c1-41(43-20-8-3-9-21-43)63-59(44-22-10-4-11-23-44)64-42(2)68-56-35-32-48(47-33-36-58-52(38-47)51-30-18-19-31-55(51)69(58)50-28-16-7-17-29-50)39-53(56)54-40-49(34-37-57(54)68)62-66-60(45-24-12-5-13-25-45)65-61(67-62)46-26-14-6-15-27-46/h3-5,7-14,16-40H,1,6,15H2,2H3. The van der Waals surface area contributed by atoms with Gasteiger partial charge in [0.2, 0.25) is 0 Å². The van der Waals surface area contributed by atoms with E-state index in [4.69, 9.17) is 24.9 Å². The van der Waals surface area contributed by atoms with Crippen molar-refractivity contribution >= 4 is 66.6 Å². The number of aliphatic imine (C=N–C) groups is 2. The maximum absolute atomic E-state index is 5.34. The Bertz CT molecular complexity index is 3900. The molecule has 0 saturated carbocycles. The van der Waals surface area contributed by atoms with Crippen LogP contribution in [0.2, 0.25) is 0 Å². The Balaban J connectivity index is 1.06. The molecule has 0 aliphatic heterocycles. The van der Waals surface area contributed by atoms with Crippen LogP contribution in [-0.4, -0.2) is 35.8 Å². The van der Waals surface area contributed by atoms with Crippen molar-refractivity contribution in [3.8, 4) is 39.6 Å². The van der Waals surface area contributed by atoms with Gasteiger partial charge in [-0.15, -0.1) is 0 Å². The van der Waals surface area contributed by atoms with Gasteiger partial charge in [-0.1, -0.05) is 164 Å². The molecular formula is C62H45N7. The monoisotopic (exact) mass is 887 g/mol. The predicted molar refractivity (Wildman–Crippen MR) is 287 cm³/mol. The third kappa shape index (κ3) is 7.76. The van der Waals surface area contributed by atoms with Gasteiger partial charge in [0.05, 0.1) is 27.8 Å². The van der Waals surface area contributed by atoms with Crippen molar-refractivity contribution in [2.75, 3.05) is 0 Å². The van der Waals surface area contributed by atoms with E-state index in [1.165, 1.54) is 16.3 Å². The van der Waals surface area contributed by atoms with Crippen LogP contribution in [0.5, 0.6) is 0 Å². The summed E-state index contributed by atoms with van der Waals surface area (Å²) in [6.45, 7) is 6.41. The Morgan fingerprint density at radius 1 is 0.464 bits per heavy atom. The van der Waals surface area contributed by atoms with Crippen molar-refractivity contribution in [1.29, 1.82) is 0 Å². The number of hydrogen-bond donors (Lipinski definition) is 0. The Hall–Kier alpha value is -9.07. The lowest BCUT2D eigenvalue weighted by atomic mass is 10.00. The van der Waals surface area contributed by atoms with Gasteiger partial charge in [-0.3, -0.25) is 4.57 Å². The van der Waals surface area contributed by atoms with Gasteiger partial charge in [-0.05, 0) is 97.1 Å². The van der Waals surface area contributed by atoms with Gasteiger partial charge in [0.15, 0.2) is 23.3 Å². The van der Waals surface area contributed by atoms with Crippen molar-refractivity contribution in [3.05, 3.63) is 242 Å². The molecule has 12 rings (SSSR count). The topological polar surface area (TPSA) is 73.2 Å². The lowest BCUT2D eigenvalue weighted by molar-refractivity contribution is 1.01. The van der Waals surface area contributed by atoms with Crippen LogP contribution in [0, 0.1) is 0 Å². The second kappa shape index (κ2) is 17.6. The van der Waals surface area contributed by atoms with Crippen LogP contribution < -0.4 is 0 Å². The Morgan fingerprint density at radius 3 is 1.65 bits per heavy atom. The second-order valence-corrected chi connectivity index (χ2v) is 17.3. The number of benzene rings is 8. The second-order valence-electron chi connectivity index (χ2n) is 17.3. The molecule has 0 atom stereocenters. The van der Waals surface area contributed by atoms with E-state index in [1.807, 2.05) is 91.0 Å². The smallest absolute Gasteiger partial charge is 0.164 e. The van der Waals surface area contributed by atoms with Gasteiger partial charge in [0, 0.05) is 49.5 Å². The van der Waals surface area contributed by atoms with Crippen LogP contribution in [0.1, 0.15) is 36.7 Å². The third-order valence-electron chi connectivity index (χ3n) is 12.9. The Labute approximate surface area is 400 Å². The molecular weight excluding hydrogens is 843 g/mol. The van der Waals surface area contributed by atoms with Gasteiger partial charge in [-0.2, -0.15) is 0 Å². The normalized spacial score (nSPS) is 13.1. The first-order valence-corrected chi connectivity index (χ1v) is 23.3. The molecule has 0 N–H and O–H groups in total. The summed E-state index contributed by atoms with van der Waals surface area (Å²) < 4.78 is 4.60. The van der Waals surface area contributed by atoms with Crippen molar-refractivity contribution in [2.45, 2.75) is 19.8 Å². The molecule has 1 aliphatic carbocycles. The molecule has 3 heterocycles. The summed E-state index contributed by atoms with van der Waals surface area (Å²) in [5, 5.41) is 4.54. The summed E-state index contributed by atoms with van der Waals surface area (Å²) in [4.78, 5) is 25.7. The number of nitrogens with zero attached hydrogens (tertiary/aromatic N) is 7. The molecule has 11 aromatic rings. The third-order valence-corrected chi connectivity index (χ3v) is 12.9. The minimum atomic E-state index is 0.574. The number of hydrogen-bond acceptors (Lipinski definition) is 4. The van der Waals surface area contributed by atoms with E-state index in [-0.39, 0.29) is 0 Å². The zero-order chi connectivity index (χ0) is 46.3. The van der Waals surface area contributed by atoms with Gasteiger partial charge < -0.3 is 4.57 Å². The summed E-state index contributed by atoms with van der Waals surface area (Å²) >= 11 is 0. The van der Waals surface area contributed by atoms with Crippen LogP contribution in [0.4, 0.5) is 0 Å². The summed E-state index contributed by atoms with van der Waals surface area (Å²) in [7, 11) is 0. The lowest BCUT2D eigenvalue weighted by Gasteiger charge is -2.11. The van der Waals surface area contributed by atoms with E-state index in [0.717, 1.165) is 90.6 Å². The zero-order valence-corrected chi connectivity index (χ0v) is 38.0. The molecule has 1 aliphatic rings. The molecule has 69 heavy (non-hydrogen) atoms. The number of rotatable bonds is 8. The molecule has 0 radical (unpaired) electrons. The Kier molecular flexibility index (Phi) is 10.6. The summed E-state index contributed by atoms with van der Waals surface area (Å²) in [5.74, 6) is 3.25. The highest BCUT2D eigenvalue weighted by Crippen LogP contribution is 2.39. The molecule has 328 valence electrons. The van der Waals surface area contributed by atoms with Crippen molar-refractivity contribution in [3.63, 3.8) is 0 Å². The molecule has 0 unspecified atom stereocenters. The van der Waals surface area contributed by atoms with Gasteiger partial charge in [0.1, 0.15) is 5.84 Å². The number of allylic oxidation sites excluding steroid dienone is 4. The first-order valence-electron chi connectivity index (χ1n) is 23.3. The highest BCUT2D eigenvalue weighted by atomic mass is 15.1. The molecule has 8 aromatic carbocycles. The SMILES string of the molecule is C=C(N=C(N=C(C)n1c2ccc(-c3ccc4c(c3)c3ccccc3n4-c3ccccc3)cc2c2cc(-c3nc(C4=CCCC=C4)nc(-c4ccccc4)n3)ccc21)c1ccccc1)c1ccccc1. The molecule has 0 spiro atoms. The van der Waals surface area contributed by atoms with E-state index < -0.39 is 0 Å². The van der Waals surface area contributed by atoms with Crippen LogP contribution >= 0.6 is 0 Å². The molecule has 3 aromatic heterocycles. The minimum Gasteiger partial charge on any atom is -0.309 e. The summed E-state index contributed by atoms with van der Waals surface area (Å²) in [6.07, 6.45) is 8.48. The molecule has 0 fully saturated rings. The van der Waals surface area contributed by atoms with E-state index in [2.05, 4.69) is 150 Å². The van der Waals surface area contributed by atoms with Gasteiger partial charge in [-0.25, -0.2) is 24.9 Å². The first kappa shape index (κ1) is 41.4. The number of para-hydroxylation sites is 2. The molecule has 7 heteroatoms. The highest BCUT2D eigenvalue weighted by Gasteiger charge is 2.20. The van der Waals surface area contributed by atoms with Crippen molar-refractivity contribution in [2.24, 2.45) is 9.98 Å². The van der Waals surface area contributed by atoms with Crippen LogP contribution in [0.15, 0.2) is 235 Å². The number of amidine groups is 1. The first-order chi connectivity index (χ1) is 34.0. The molecule has 0 amide bonds. The van der Waals surface area contributed by atoms with Gasteiger partial charge >= 0.3 is 0 Å². The predicted octanol–water partition coefficient (Wildman–Crippen LogP) is 15.2. The number of fused-ring (bicyclic) bond motifs is 6. The largest absolute Gasteiger partial charge is 0.309 e.